The number of hydrogen-bond acceptors (Lipinski definition) is 3. The highest BCUT2D eigenvalue weighted by Gasteiger charge is 2.05. The van der Waals surface area contributed by atoms with Gasteiger partial charge in [0.15, 0.2) is 0 Å². The van der Waals surface area contributed by atoms with E-state index in [-0.39, 0.29) is 5.91 Å². The third-order valence-electron chi connectivity index (χ3n) is 3.04. The highest BCUT2D eigenvalue weighted by Crippen LogP contribution is 2.16. The molecule has 1 amide bonds. The van der Waals surface area contributed by atoms with Crippen molar-refractivity contribution in [3.05, 3.63) is 48.0 Å². The van der Waals surface area contributed by atoms with E-state index in [2.05, 4.69) is 10.3 Å². The maximum atomic E-state index is 10.8. The fraction of sp³-hybridized carbons (Fsp3) is 0.333. The molecule has 0 aliphatic heterocycles. The van der Waals surface area contributed by atoms with Crippen molar-refractivity contribution < 1.29 is 9.90 Å². The van der Waals surface area contributed by atoms with Crippen LogP contribution < -0.4 is 5.32 Å². The van der Waals surface area contributed by atoms with Crippen LogP contribution in [-0.4, -0.2) is 27.1 Å². The zero-order valence-electron chi connectivity index (χ0n) is 11.7. The number of aliphatic hydroxyl groups excluding tert-OH is 1. The molecule has 1 atom stereocenters. The molecule has 20 heavy (non-hydrogen) atoms. The second kappa shape index (κ2) is 6.34. The molecule has 2 rings (SSSR count). The maximum absolute atomic E-state index is 10.8. The Morgan fingerprint density at radius 1 is 1.50 bits per heavy atom. The van der Waals surface area contributed by atoms with E-state index >= 15 is 0 Å². The number of aromatic nitrogens is 2. The molecule has 0 aliphatic carbocycles. The van der Waals surface area contributed by atoms with Crippen molar-refractivity contribution in [1.82, 2.24) is 14.9 Å². The molecule has 0 radical (unpaired) electrons. The Labute approximate surface area is 118 Å². The Hall–Kier alpha value is -2.14. The van der Waals surface area contributed by atoms with Crippen LogP contribution in [-0.2, 0) is 11.2 Å². The van der Waals surface area contributed by atoms with Gasteiger partial charge >= 0.3 is 0 Å². The van der Waals surface area contributed by atoms with Crippen molar-refractivity contribution in [3.8, 4) is 5.69 Å². The van der Waals surface area contributed by atoms with Crippen LogP contribution in [0, 0.1) is 0 Å². The Morgan fingerprint density at radius 2 is 2.30 bits per heavy atom. The highest BCUT2D eigenvalue weighted by molar-refractivity contribution is 5.72. The van der Waals surface area contributed by atoms with Gasteiger partial charge in [0.25, 0.3) is 0 Å². The van der Waals surface area contributed by atoms with Gasteiger partial charge in [-0.25, -0.2) is 4.98 Å². The second-order valence-electron chi connectivity index (χ2n) is 4.78. The summed E-state index contributed by atoms with van der Waals surface area (Å²) in [5, 5.41) is 12.3. The van der Waals surface area contributed by atoms with E-state index in [1.54, 1.807) is 13.3 Å². The standard InChI is InChI=1S/C15H19N3O2/c1-11(19)13-4-3-5-15(8-13)18-9-14(17-10-18)6-7-16-12(2)20/h3-5,8-11,19H,6-7H2,1-2H3,(H,16,20)/t11-/m0/s1. The van der Waals surface area contributed by atoms with Crippen LogP contribution >= 0.6 is 0 Å². The van der Waals surface area contributed by atoms with Crippen molar-refractivity contribution in [3.63, 3.8) is 0 Å². The van der Waals surface area contributed by atoms with Crippen LogP contribution in [0.3, 0.4) is 0 Å². The molecule has 1 aromatic heterocycles. The number of carbonyl (C=O) groups excluding carboxylic acids is 1. The lowest BCUT2D eigenvalue weighted by molar-refractivity contribution is -0.118. The molecule has 106 valence electrons. The van der Waals surface area contributed by atoms with Gasteiger partial charge in [-0.1, -0.05) is 12.1 Å². The molecule has 5 nitrogen and oxygen atoms in total. The number of benzene rings is 1. The molecule has 2 N–H and O–H groups in total. The fourth-order valence-electron chi connectivity index (χ4n) is 1.95. The first kappa shape index (κ1) is 14.3. The summed E-state index contributed by atoms with van der Waals surface area (Å²) in [4.78, 5) is 15.1. The number of nitrogens with zero attached hydrogens (tertiary/aromatic N) is 2. The van der Waals surface area contributed by atoms with E-state index in [4.69, 9.17) is 0 Å². The summed E-state index contributed by atoms with van der Waals surface area (Å²) in [6, 6.07) is 7.70. The van der Waals surface area contributed by atoms with E-state index in [9.17, 15) is 9.90 Å². The van der Waals surface area contributed by atoms with E-state index in [1.807, 2.05) is 35.0 Å². The first-order chi connectivity index (χ1) is 9.56. The molecule has 0 unspecified atom stereocenters. The van der Waals surface area contributed by atoms with E-state index < -0.39 is 6.10 Å². The van der Waals surface area contributed by atoms with Gasteiger partial charge in [0, 0.05) is 31.8 Å². The van der Waals surface area contributed by atoms with Crippen LogP contribution in [0.5, 0.6) is 0 Å². The second-order valence-corrected chi connectivity index (χ2v) is 4.78. The third-order valence-corrected chi connectivity index (χ3v) is 3.04. The normalized spacial score (nSPS) is 12.2. The number of rotatable bonds is 5. The van der Waals surface area contributed by atoms with Gasteiger partial charge in [0.05, 0.1) is 18.1 Å². The summed E-state index contributed by atoms with van der Waals surface area (Å²) >= 11 is 0. The zero-order chi connectivity index (χ0) is 14.5. The van der Waals surface area contributed by atoms with Gasteiger partial charge in [-0.05, 0) is 24.6 Å². The summed E-state index contributed by atoms with van der Waals surface area (Å²) in [6.45, 7) is 3.83. The third kappa shape index (κ3) is 3.68. The van der Waals surface area contributed by atoms with E-state index in [0.717, 1.165) is 16.9 Å². The topological polar surface area (TPSA) is 67.2 Å². The number of amides is 1. The van der Waals surface area contributed by atoms with Gasteiger partial charge in [-0.3, -0.25) is 4.79 Å². The quantitative estimate of drug-likeness (QED) is 0.869. The van der Waals surface area contributed by atoms with Crippen LogP contribution in [0.25, 0.3) is 5.69 Å². The monoisotopic (exact) mass is 273 g/mol. The maximum Gasteiger partial charge on any atom is 0.216 e. The van der Waals surface area contributed by atoms with Crippen molar-refractivity contribution in [2.45, 2.75) is 26.4 Å². The summed E-state index contributed by atoms with van der Waals surface area (Å²) in [5.74, 6) is -0.0333. The Kier molecular flexibility index (Phi) is 4.53. The predicted molar refractivity (Wildman–Crippen MR) is 76.6 cm³/mol. The first-order valence-corrected chi connectivity index (χ1v) is 6.62. The lowest BCUT2D eigenvalue weighted by atomic mass is 10.1. The molecule has 0 aliphatic rings. The molecule has 0 saturated carbocycles. The molecular weight excluding hydrogens is 254 g/mol. The van der Waals surface area contributed by atoms with Crippen molar-refractivity contribution in [1.29, 1.82) is 0 Å². The fourth-order valence-corrected chi connectivity index (χ4v) is 1.95. The van der Waals surface area contributed by atoms with Gasteiger partial charge in [-0.2, -0.15) is 0 Å². The van der Waals surface area contributed by atoms with Gasteiger partial charge in [0.2, 0.25) is 5.91 Å². The molecule has 1 aromatic carbocycles. The van der Waals surface area contributed by atoms with Crippen molar-refractivity contribution >= 4 is 5.91 Å². The molecule has 0 saturated heterocycles. The number of aliphatic hydroxyl groups is 1. The Morgan fingerprint density at radius 3 is 3.00 bits per heavy atom. The van der Waals surface area contributed by atoms with Crippen molar-refractivity contribution in [2.24, 2.45) is 0 Å². The smallest absolute Gasteiger partial charge is 0.216 e. The minimum atomic E-state index is -0.488. The van der Waals surface area contributed by atoms with Crippen LogP contribution in [0.4, 0.5) is 0 Å². The van der Waals surface area contributed by atoms with Crippen LogP contribution in [0.2, 0.25) is 0 Å². The highest BCUT2D eigenvalue weighted by atomic mass is 16.3. The molecule has 0 bridgehead atoms. The summed E-state index contributed by atoms with van der Waals surface area (Å²) in [7, 11) is 0. The average Bonchev–Trinajstić information content (AvgIpc) is 2.87. The first-order valence-electron chi connectivity index (χ1n) is 6.62. The molecule has 0 fully saturated rings. The molecule has 0 spiro atoms. The van der Waals surface area contributed by atoms with Gasteiger partial charge in [0.1, 0.15) is 0 Å². The average molecular weight is 273 g/mol. The zero-order valence-corrected chi connectivity index (χ0v) is 11.7. The Bertz CT molecular complexity index is 590. The largest absolute Gasteiger partial charge is 0.389 e. The summed E-state index contributed by atoms with van der Waals surface area (Å²) < 4.78 is 1.91. The number of carbonyl (C=O) groups is 1. The minimum absolute atomic E-state index is 0.0333. The Balaban J connectivity index is 2.08. The summed E-state index contributed by atoms with van der Waals surface area (Å²) in [5.41, 5.74) is 2.75. The minimum Gasteiger partial charge on any atom is -0.389 e. The van der Waals surface area contributed by atoms with E-state index in [0.29, 0.717) is 13.0 Å². The SMILES string of the molecule is CC(=O)NCCc1cn(-c2cccc([C@H](C)O)c2)cn1. The molecule has 2 aromatic rings. The molecular formula is C15H19N3O2. The summed E-state index contributed by atoms with van der Waals surface area (Å²) in [6.07, 6.45) is 3.88. The molecule has 5 heteroatoms. The van der Waals surface area contributed by atoms with Gasteiger partial charge in [-0.15, -0.1) is 0 Å². The lowest BCUT2D eigenvalue weighted by Crippen LogP contribution is -2.22. The number of nitrogens with one attached hydrogen (secondary N) is 1. The number of imidazole rings is 1. The molecule has 1 heterocycles. The van der Waals surface area contributed by atoms with Crippen LogP contribution in [0.15, 0.2) is 36.8 Å². The van der Waals surface area contributed by atoms with E-state index in [1.165, 1.54) is 6.92 Å². The lowest BCUT2D eigenvalue weighted by Gasteiger charge is -2.07. The van der Waals surface area contributed by atoms with Crippen molar-refractivity contribution in [2.75, 3.05) is 6.54 Å². The van der Waals surface area contributed by atoms with Gasteiger partial charge < -0.3 is 15.0 Å². The van der Waals surface area contributed by atoms with Crippen LogP contribution in [0.1, 0.15) is 31.2 Å². The predicted octanol–water partition coefficient (Wildman–Crippen LogP) is 1.60. The number of hydrogen-bond donors (Lipinski definition) is 2.